The average molecular weight is 280 g/mol. The molecule has 0 saturated heterocycles. The van der Waals surface area contributed by atoms with Crippen molar-refractivity contribution in [1.82, 2.24) is 5.32 Å². The lowest BCUT2D eigenvalue weighted by Crippen LogP contribution is -2.35. The highest BCUT2D eigenvalue weighted by molar-refractivity contribution is 5.95. The van der Waals surface area contributed by atoms with E-state index in [4.69, 9.17) is 5.11 Å². The Balaban J connectivity index is 2.93. The highest BCUT2D eigenvalue weighted by Crippen LogP contribution is 2.21. The molecule has 110 valence electrons. The molecule has 0 heterocycles. The van der Waals surface area contributed by atoms with Crippen LogP contribution in [0.1, 0.15) is 42.6 Å². The molecule has 6 heteroatoms. The van der Waals surface area contributed by atoms with Crippen LogP contribution in [0, 0.1) is 10.1 Å². The predicted octanol–water partition coefficient (Wildman–Crippen LogP) is 2.05. The lowest BCUT2D eigenvalue weighted by Gasteiger charge is -2.15. The van der Waals surface area contributed by atoms with Gasteiger partial charge in [-0.15, -0.1) is 0 Å². The number of rotatable bonds is 7. The highest BCUT2D eigenvalue weighted by atomic mass is 16.6. The summed E-state index contributed by atoms with van der Waals surface area (Å²) in [5.74, 6) is -0.351. The molecule has 1 aromatic carbocycles. The van der Waals surface area contributed by atoms with Crippen molar-refractivity contribution in [1.29, 1.82) is 0 Å². The van der Waals surface area contributed by atoms with Gasteiger partial charge in [-0.3, -0.25) is 14.9 Å². The normalized spacial score (nSPS) is 11.9. The topological polar surface area (TPSA) is 92.5 Å². The first-order valence-corrected chi connectivity index (χ1v) is 6.72. The number of hydrogen-bond donors (Lipinski definition) is 2. The first kappa shape index (κ1) is 16.1. The number of aliphatic hydroxyl groups excluding tert-OH is 1. The number of nitrogens with one attached hydrogen (secondary N) is 1. The third kappa shape index (κ3) is 4.03. The van der Waals surface area contributed by atoms with Crippen molar-refractivity contribution in [3.8, 4) is 0 Å². The van der Waals surface area contributed by atoms with Gasteiger partial charge in [0, 0.05) is 29.8 Å². The summed E-state index contributed by atoms with van der Waals surface area (Å²) in [6, 6.07) is 4.38. The molecular formula is C14H20N2O4. The van der Waals surface area contributed by atoms with E-state index >= 15 is 0 Å². The molecule has 0 aliphatic carbocycles. The van der Waals surface area contributed by atoms with Crippen LogP contribution in [0.4, 0.5) is 5.69 Å². The zero-order valence-electron chi connectivity index (χ0n) is 11.8. The van der Waals surface area contributed by atoms with E-state index in [0.717, 1.165) is 0 Å². The minimum Gasteiger partial charge on any atom is -0.396 e. The molecule has 1 aromatic rings. The maximum Gasteiger partial charge on any atom is 0.273 e. The molecule has 0 aliphatic rings. The quantitative estimate of drug-likeness (QED) is 0.590. The summed E-state index contributed by atoms with van der Waals surface area (Å²) in [4.78, 5) is 22.6. The second-order valence-electron chi connectivity index (χ2n) is 4.55. The van der Waals surface area contributed by atoms with Crippen LogP contribution in [0.5, 0.6) is 0 Å². The summed E-state index contributed by atoms with van der Waals surface area (Å²) >= 11 is 0. The lowest BCUT2D eigenvalue weighted by atomic mass is 10.1. The molecule has 2 N–H and O–H groups in total. The van der Waals surface area contributed by atoms with Crippen molar-refractivity contribution in [2.75, 3.05) is 6.61 Å². The van der Waals surface area contributed by atoms with Gasteiger partial charge in [0.25, 0.3) is 11.6 Å². The van der Waals surface area contributed by atoms with E-state index in [9.17, 15) is 14.9 Å². The smallest absolute Gasteiger partial charge is 0.273 e. The Kier molecular flexibility index (Phi) is 6.11. The Hall–Kier alpha value is -1.95. The molecule has 0 aromatic heterocycles. The Morgan fingerprint density at radius 1 is 1.45 bits per heavy atom. The molecular weight excluding hydrogens is 260 g/mol. The number of aryl methyl sites for hydroxylation is 1. The molecule has 0 spiro atoms. The van der Waals surface area contributed by atoms with Crippen LogP contribution in [0.2, 0.25) is 0 Å². The minimum atomic E-state index is -0.472. The Morgan fingerprint density at radius 2 is 2.15 bits per heavy atom. The average Bonchev–Trinajstić information content (AvgIpc) is 2.45. The lowest BCUT2D eigenvalue weighted by molar-refractivity contribution is -0.385. The number of nitro groups is 1. The highest BCUT2D eigenvalue weighted by Gasteiger charge is 2.18. The van der Waals surface area contributed by atoms with E-state index in [1.54, 1.807) is 12.1 Å². The number of nitrogens with zero attached hydrogens (tertiary/aromatic N) is 1. The Bertz CT molecular complexity index is 488. The summed E-state index contributed by atoms with van der Waals surface area (Å²) in [6.07, 6.45) is 1.71. The summed E-state index contributed by atoms with van der Waals surface area (Å²) in [6.45, 7) is 3.73. The predicted molar refractivity (Wildman–Crippen MR) is 75.7 cm³/mol. The number of nitro benzene ring substituents is 1. The molecule has 0 radical (unpaired) electrons. The van der Waals surface area contributed by atoms with Crippen LogP contribution < -0.4 is 5.32 Å². The van der Waals surface area contributed by atoms with Crippen molar-refractivity contribution >= 4 is 11.6 Å². The van der Waals surface area contributed by atoms with Gasteiger partial charge in [-0.05, 0) is 25.3 Å². The third-order valence-electron chi connectivity index (χ3n) is 3.23. The first-order chi connectivity index (χ1) is 9.53. The number of benzene rings is 1. The van der Waals surface area contributed by atoms with E-state index in [1.807, 2.05) is 13.8 Å². The third-order valence-corrected chi connectivity index (χ3v) is 3.23. The zero-order valence-corrected chi connectivity index (χ0v) is 11.8. The van der Waals surface area contributed by atoms with Crippen molar-refractivity contribution in [3.63, 3.8) is 0 Å². The van der Waals surface area contributed by atoms with Gasteiger partial charge < -0.3 is 10.4 Å². The fourth-order valence-corrected chi connectivity index (χ4v) is 1.98. The van der Waals surface area contributed by atoms with Gasteiger partial charge in [0.1, 0.15) is 0 Å². The van der Waals surface area contributed by atoms with E-state index in [2.05, 4.69) is 5.32 Å². The van der Waals surface area contributed by atoms with Gasteiger partial charge in [0.2, 0.25) is 0 Å². The zero-order chi connectivity index (χ0) is 15.1. The standard InChI is InChI=1S/C14H20N2O4/c1-3-10-5-6-11(9-13(10)16(19)20)14(18)15-12(4-2)7-8-17/h5-6,9,12,17H,3-4,7-8H2,1-2H3,(H,15,18). The van der Waals surface area contributed by atoms with E-state index in [1.165, 1.54) is 6.07 Å². The maximum atomic E-state index is 12.0. The molecule has 1 rings (SSSR count). The minimum absolute atomic E-state index is 0.00624. The molecule has 0 saturated carbocycles. The van der Waals surface area contributed by atoms with Crippen LogP contribution in [0.3, 0.4) is 0 Å². The molecule has 6 nitrogen and oxygen atoms in total. The van der Waals surface area contributed by atoms with Crippen molar-refractivity contribution in [3.05, 3.63) is 39.4 Å². The SMILES string of the molecule is CCc1ccc(C(=O)NC(CC)CCO)cc1[N+](=O)[O-]. The fraction of sp³-hybridized carbons (Fsp3) is 0.500. The van der Waals surface area contributed by atoms with Crippen molar-refractivity contribution < 1.29 is 14.8 Å². The van der Waals surface area contributed by atoms with Crippen LogP contribution in [0.25, 0.3) is 0 Å². The van der Waals surface area contributed by atoms with Crippen molar-refractivity contribution in [2.45, 2.75) is 39.2 Å². The van der Waals surface area contributed by atoms with Gasteiger partial charge in [-0.25, -0.2) is 0 Å². The van der Waals surface area contributed by atoms with Gasteiger partial charge in [-0.1, -0.05) is 19.9 Å². The number of aliphatic hydroxyl groups is 1. The fourth-order valence-electron chi connectivity index (χ4n) is 1.98. The second-order valence-corrected chi connectivity index (χ2v) is 4.55. The Morgan fingerprint density at radius 3 is 2.65 bits per heavy atom. The van der Waals surface area contributed by atoms with Gasteiger partial charge >= 0.3 is 0 Å². The van der Waals surface area contributed by atoms with E-state index in [-0.39, 0.29) is 29.8 Å². The van der Waals surface area contributed by atoms with Gasteiger partial charge in [0.05, 0.1) is 4.92 Å². The monoisotopic (exact) mass is 280 g/mol. The number of carbonyl (C=O) groups is 1. The molecule has 1 amide bonds. The Labute approximate surface area is 118 Å². The molecule has 0 fully saturated rings. The van der Waals surface area contributed by atoms with Crippen LogP contribution in [-0.4, -0.2) is 28.6 Å². The summed E-state index contributed by atoms with van der Waals surface area (Å²) in [7, 11) is 0. The van der Waals surface area contributed by atoms with Crippen LogP contribution in [-0.2, 0) is 6.42 Å². The van der Waals surface area contributed by atoms with Crippen LogP contribution >= 0.6 is 0 Å². The molecule has 1 atom stereocenters. The number of amides is 1. The largest absolute Gasteiger partial charge is 0.396 e. The molecule has 0 aliphatic heterocycles. The van der Waals surface area contributed by atoms with E-state index in [0.29, 0.717) is 24.8 Å². The van der Waals surface area contributed by atoms with E-state index < -0.39 is 4.92 Å². The van der Waals surface area contributed by atoms with Gasteiger partial charge in [0.15, 0.2) is 0 Å². The van der Waals surface area contributed by atoms with Crippen LogP contribution in [0.15, 0.2) is 18.2 Å². The molecule has 0 bridgehead atoms. The summed E-state index contributed by atoms with van der Waals surface area (Å²) in [5, 5.41) is 22.6. The van der Waals surface area contributed by atoms with Gasteiger partial charge in [-0.2, -0.15) is 0 Å². The second kappa shape index (κ2) is 7.59. The number of carbonyl (C=O) groups excluding carboxylic acids is 1. The number of hydrogen-bond acceptors (Lipinski definition) is 4. The molecule has 20 heavy (non-hydrogen) atoms. The summed E-state index contributed by atoms with van der Waals surface area (Å²) in [5.41, 5.74) is 0.842. The summed E-state index contributed by atoms with van der Waals surface area (Å²) < 4.78 is 0. The molecule has 1 unspecified atom stereocenters. The van der Waals surface area contributed by atoms with Crippen molar-refractivity contribution in [2.24, 2.45) is 0 Å². The first-order valence-electron chi connectivity index (χ1n) is 6.72. The maximum absolute atomic E-state index is 12.0.